The SMILES string of the molecule is O=C(Nc1cccc(N2ONC3NC(Cl)CNC3O2)c1Cl)c1ccccc1. The molecule has 4 N–H and O–H groups in total. The first-order valence-corrected chi connectivity index (χ1v) is 9.11. The third kappa shape index (κ3) is 4.02. The normalized spacial score (nSPS) is 25.0. The van der Waals surface area contributed by atoms with Crippen LogP contribution in [-0.4, -0.2) is 30.3 Å². The third-order valence-electron chi connectivity index (χ3n) is 4.09. The number of hydroxylamine groups is 1. The van der Waals surface area contributed by atoms with Gasteiger partial charge in [-0.15, -0.1) is 16.8 Å². The minimum Gasteiger partial charge on any atom is -0.321 e. The zero-order valence-corrected chi connectivity index (χ0v) is 15.5. The molecule has 3 unspecified atom stereocenters. The van der Waals surface area contributed by atoms with Crippen LogP contribution in [-0.2, 0) is 9.78 Å². The van der Waals surface area contributed by atoms with Crippen molar-refractivity contribution in [2.24, 2.45) is 0 Å². The highest BCUT2D eigenvalue weighted by atomic mass is 35.5. The second-order valence-corrected chi connectivity index (χ2v) is 6.88. The van der Waals surface area contributed by atoms with E-state index in [0.717, 1.165) is 5.23 Å². The molecular weight excluding hydrogens is 393 g/mol. The fraction of sp³-hybridized carbons (Fsp3) is 0.235. The summed E-state index contributed by atoms with van der Waals surface area (Å²) in [5, 5.41) is 10.5. The van der Waals surface area contributed by atoms with Gasteiger partial charge in [0.25, 0.3) is 5.91 Å². The first-order valence-electron chi connectivity index (χ1n) is 8.29. The summed E-state index contributed by atoms with van der Waals surface area (Å²) in [5.74, 6) is -0.264. The summed E-state index contributed by atoms with van der Waals surface area (Å²) < 4.78 is 0. The van der Waals surface area contributed by atoms with Crippen molar-refractivity contribution < 1.29 is 14.6 Å². The van der Waals surface area contributed by atoms with Crippen molar-refractivity contribution in [1.82, 2.24) is 16.1 Å². The maximum absolute atomic E-state index is 12.4. The minimum absolute atomic E-state index is 0.238. The first-order chi connectivity index (χ1) is 13.1. The van der Waals surface area contributed by atoms with Crippen LogP contribution in [0.2, 0.25) is 5.02 Å². The number of hydrogen-bond acceptors (Lipinski definition) is 7. The highest BCUT2D eigenvalue weighted by Gasteiger charge is 2.37. The Morgan fingerprint density at radius 3 is 2.81 bits per heavy atom. The first kappa shape index (κ1) is 18.5. The summed E-state index contributed by atoms with van der Waals surface area (Å²) in [6.07, 6.45) is -0.732. The molecule has 0 aliphatic carbocycles. The average Bonchev–Trinajstić information content (AvgIpc) is 2.70. The second kappa shape index (κ2) is 7.99. The molecule has 3 atom stereocenters. The predicted molar refractivity (Wildman–Crippen MR) is 102 cm³/mol. The van der Waals surface area contributed by atoms with Crippen molar-refractivity contribution in [3.63, 3.8) is 0 Å². The number of carbonyl (C=O) groups is 1. The number of piperazine rings is 1. The molecule has 2 aliphatic heterocycles. The third-order valence-corrected chi connectivity index (χ3v) is 4.77. The summed E-state index contributed by atoms with van der Waals surface area (Å²) in [6.45, 7) is 0.527. The molecule has 0 saturated carbocycles. The number of anilines is 2. The van der Waals surface area contributed by atoms with Crippen molar-refractivity contribution in [2.75, 3.05) is 17.1 Å². The lowest BCUT2D eigenvalue weighted by molar-refractivity contribution is -0.244. The van der Waals surface area contributed by atoms with Crippen molar-refractivity contribution in [2.45, 2.75) is 17.9 Å². The molecule has 10 heteroatoms. The quantitative estimate of drug-likeness (QED) is 0.456. The van der Waals surface area contributed by atoms with Gasteiger partial charge < -0.3 is 5.32 Å². The highest BCUT2D eigenvalue weighted by molar-refractivity contribution is 6.36. The fourth-order valence-electron chi connectivity index (χ4n) is 2.75. The molecule has 27 heavy (non-hydrogen) atoms. The maximum atomic E-state index is 12.4. The molecule has 2 fully saturated rings. The van der Waals surface area contributed by atoms with E-state index >= 15 is 0 Å². The molecule has 0 bridgehead atoms. The smallest absolute Gasteiger partial charge is 0.255 e. The Kier molecular flexibility index (Phi) is 5.46. The lowest BCUT2D eigenvalue weighted by Gasteiger charge is -2.42. The molecule has 2 aromatic carbocycles. The molecule has 2 aliphatic rings. The topological polar surface area (TPSA) is 86.9 Å². The van der Waals surface area contributed by atoms with E-state index in [9.17, 15) is 4.79 Å². The maximum Gasteiger partial charge on any atom is 0.255 e. The Morgan fingerprint density at radius 2 is 2.00 bits per heavy atom. The van der Waals surface area contributed by atoms with E-state index in [2.05, 4.69) is 21.4 Å². The Labute approximate surface area is 165 Å². The monoisotopic (exact) mass is 409 g/mol. The predicted octanol–water partition coefficient (Wildman–Crippen LogP) is 2.19. The van der Waals surface area contributed by atoms with Crippen LogP contribution in [0.15, 0.2) is 48.5 Å². The van der Waals surface area contributed by atoms with E-state index < -0.39 is 6.23 Å². The number of fused-ring (bicyclic) bond motifs is 1. The standard InChI is InChI=1S/C17H17Cl2N5O3/c18-13-9-20-17-15(22-13)23-27-24(26-17)12-8-4-7-11(14(12)19)21-16(25)10-5-2-1-3-6-10/h1-8,13,15,17,20,22-23H,9H2,(H,21,25). The molecule has 0 spiro atoms. The van der Waals surface area contributed by atoms with E-state index in [0.29, 0.717) is 23.5 Å². The molecule has 142 valence electrons. The van der Waals surface area contributed by atoms with Gasteiger partial charge in [0, 0.05) is 12.1 Å². The molecule has 2 aromatic rings. The molecule has 0 radical (unpaired) electrons. The number of carbonyl (C=O) groups excluding carboxylic acids is 1. The molecule has 2 saturated heterocycles. The number of nitrogens with one attached hydrogen (secondary N) is 4. The molecule has 4 rings (SSSR count). The zero-order chi connectivity index (χ0) is 18.8. The summed E-state index contributed by atoms with van der Waals surface area (Å²) in [5.41, 5.74) is 3.97. The average molecular weight is 410 g/mol. The molecule has 2 heterocycles. The lowest BCUT2D eigenvalue weighted by Crippen LogP contribution is -2.70. The second-order valence-electron chi connectivity index (χ2n) is 5.97. The fourth-order valence-corrected chi connectivity index (χ4v) is 3.22. The number of rotatable bonds is 3. The van der Waals surface area contributed by atoms with Crippen molar-refractivity contribution in [3.8, 4) is 0 Å². The van der Waals surface area contributed by atoms with Crippen LogP contribution >= 0.6 is 23.2 Å². The van der Waals surface area contributed by atoms with Crippen molar-refractivity contribution in [1.29, 1.82) is 0 Å². The Balaban J connectivity index is 1.50. The summed E-state index contributed by atoms with van der Waals surface area (Å²) >= 11 is 12.5. The number of halogens is 2. The Morgan fingerprint density at radius 1 is 1.19 bits per heavy atom. The molecule has 8 nitrogen and oxygen atoms in total. The van der Waals surface area contributed by atoms with Crippen molar-refractivity contribution >= 4 is 40.5 Å². The Bertz CT molecular complexity index is 825. The van der Waals surface area contributed by atoms with Gasteiger partial charge in [-0.05, 0) is 24.3 Å². The highest BCUT2D eigenvalue weighted by Crippen LogP contribution is 2.34. The van der Waals surface area contributed by atoms with Crippen LogP contribution in [0.3, 0.4) is 0 Å². The zero-order valence-electron chi connectivity index (χ0n) is 14.0. The summed E-state index contributed by atoms with van der Waals surface area (Å²) in [6, 6.07) is 14.0. The van der Waals surface area contributed by atoms with Crippen LogP contribution in [0, 0.1) is 0 Å². The summed E-state index contributed by atoms with van der Waals surface area (Å²) in [4.78, 5) is 23.6. The van der Waals surface area contributed by atoms with Crippen LogP contribution < -0.4 is 26.7 Å². The van der Waals surface area contributed by atoms with Crippen LogP contribution in [0.5, 0.6) is 0 Å². The van der Waals surface area contributed by atoms with Gasteiger partial charge >= 0.3 is 0 Å². The van der Waals surface area contributed by atoms with Gasteiger partial charge in [-0.1, -0.05) is 35.9 Å². The molecular formula is C17H17Cl2N5O3. The Hall–Kier alpha value is -1.91. The largest absolute Gasteiger partial charge is 0.321 e. The van der Waals surface area contributed by atoms with E-state index in [-0.39, 0.29) is 22.6 Å². The van der Waals surface area contributed by atoms with Gasteiger partial charge in [-0.3, -0.25) is 15.4 Å². The number of benzene rings is 2. The van der Waals surface area contributed by atoms with Gasteiger partial charge in [0.1, 0.15) is 11.9 Å². The van der Waals surface area contributed by atoms with Gasteiger partial charge in [-0.2, -0.15) is 10.4 Å². The van der Waals surface area contributed by atoms with E-state index in [1.165, 1.54) is 0 Å². The van der Waals surface area contributed by atoms with E-state index in [4.69, 9.17) is 33.0 Å². The van der Waals surface area contributed by atoms with Crippen molar-refractivity contribution in [3.05, 3.63) is 59.1 Å². The van der Waals surface area contributed by atoms with Crippen LogP contribution in [0.25, 0.3) is 0 Å². The lowest BCUT2D eigenvalue weighted by atomic mass is 10.2. The van der Waals surface area contributed by atoms with Crippen LogP contribution in [0.4, 0.5) is 11.4 Å². The van der Waals surface area contributed by atoms with Crippen LogP contribution in [0.1, 0.15) is 10.4 Å². The number of hydrogen-bond donors (Lipinski definition) is 4. The van der Waals surface area contributed by atoms with E-state index in [1.807, 2.05) is 6.07 Å². The molecule has 1 amide bonds. The van der Waals surface area contributed by atoms with Gasteiger partial charge in [0.05, 0.1) is 16.2 Å². The van der Waals surface area contributed by atoms with Gasteiger partial charge in [-0.25, -0.2) is 4.84 Å². The van der Waals surface area contributed by atoms with E-state index in [1.54, 1.807) is 42.5 Å². The number of alkyl halides is 1. The summed E-state index contributed by atoms with van der Waals surface area (Å²) in [7, 11) is 0. The number of amides is 1. The minimum atomic E-state index is -0.410. The molecule has 0 aromatic heterocycles. The van der Waals surface area contributed by atoms with Gasteiger partial charge in [0.15, 0.2) is 6.23 Å². The van der Waals surface area contributed by atoms with Gasteiger partial charge in [0.2, 0.25) is 0 Å². The number of nitrogens with zero attached hydrogens (tertiary/aromatic N) is 1.